The zero-order chi connectivity index (χ0) is 16.7. The van der Waals surface area contributed by atoms with Crippen molar-refractivity contribution < 1.29 is 19.2 Å². The molecule has 1 aliphatic rings. The highest BCUT2D eigenvalue weighted by Gasteiger charge is 2.47. The minimum Gasteiger partial charge on any atom is -0.465 e. The number of hydrogen-bond donors (Lipinski definition) is 0. The smallest absolute Gasteiger partial charge is 0.365 e. The molecule has 5 nitrogen and oxygen atoms in total. The van der Waals surface area contributed by atoms with Gasteiger partial charge < -0.3 is 9.57 Å². The largest absolute Gasteiger partial charge is 0.465 e. The number of rotatable bonds is 7. The zero-order valence-corrected chi connectivity index (χ0v) is 13.3. The third-order valence-corrected chi connectivity index (χ3v) is 4.13. The number of hydrogen-bond acceptors (Lipinski definition) is 5. The Balaban J connectivity index is 2.10. The van der Waals surface area contributed by atoms with Crippen LogP contribution in [0.5, 0.6) is 0 Å². The van der Waals surface area contributed by atoms with E-state index in [0.29, 0.717) is 30.7 Å². The summed E-state index contributed by atoms with van der Waals surface area (Å²) >= 11 is 0. The van der Waals surface area contributed by atoms with Crippen LogP contribution in [0.4, 0.5) is 0 Å². The van der Waals surface area contributed by atoms with E-state index in [-0.39, 0.29) is 5.97 Å². The summed E-state index contributed by atoms with van der Waals surface area (Å²) in [6.45, 7) is 5.76. The van der Waals surface area contributed by atoms with Gasteiger partial charge in [-0.2, -0.15) is 0 Å². The van der Waals surface area contributed by atoms with Crippen LogP contribution in [0.1, 0.15) is 43.0 Å². The van der Waals surface area contributed by atoms with Gasteiger partial charge in [0, 0.05) is 6.42 Å². The lowest BCUT2D eigenvalue weighted by atomic mass is 9.77. The van der Waals surface area contributed by atoms with Crippen LogP contribution in [-0.4, -0.2) is 24.3 Å². The molecule has 2 rings (SSSR count). The Bertz CT molecular complexity index is 609. The lowest BCUT2D eigenvalue weighted by Gasteiger charge is -2.23. The quantitative estimate of drug-likeness (QED) is 0.193. The second kappa shape index (κ2) is 7.72. The Hall–Kier alpha value is -2.43. The van der Waals surface area contributed by atoms with E-state index in [4.69, 9.17) is 9.57 Å². The Morgan fingerprint density at radius 3 is 2.78 bits per heavy atom. The maximum absolute atomic E-state index is 12.2. The first-order valence-electron chi connectivity index (χ1n) is 7.70. The number of allylic oxidation sites excluding steroid dienone is 1. The summed E-state index contributed by atoms with van der Waals surface area (Å²) < 4.78 is 5.13. The van der Waals surface area contributed by atoms with Gasteiger partial charge in [0.15, 0.2) is 0 Å². The fourth-order valence-corrected chi connectivity index (χ4v) is 2.67. The van der Waals surface area contributed by atoms with Gasteiger partial charge in [0.1, 0.15) is 5.41 Å². The molecule has 1 aromatic carbocycles. The topological polar surface area (TPSA) is 65.0 Å². The van der Waals surface area contributed by atoms with Crippen molar-refractivity contribution >= 4 is 17.7 Å². The van der Waals surface area contributed by atoms with Crippen molar-refractivity contribution in [3.05, 3.63) is 48.6 Å². The highest BCUT2D eigenvalue weighted by Crippen LogP contribution is 2.37. The monoisotopic (exact) mass is 315 g/mol. The molecule has 1 atom stereocenters. The zero-order valence-electron chi connectivity index (χ0n) is 13.3. The van der Waals surface area contributed by atoms with Gasteiger partial charge in [-0.25, -0.2) is 4.79 Å². The van der Waals surface area contributed by atoms with E-state index >= 15 is 0 Å². The van der Waals surface area contributed by atoms with E-state index in [1.165, 1.54) is 0 Å². The Morgan fingerprint density at radius 2 is 2.17 bits per heavy atom. The third kappa shape index (κ3) is 3.86. The van der Waals surface area contributed by atoms with Crippen molar-refractivity contribution in [3.8, 4) is 0 Å². The molecule has 0 amide bonds. The molecule has 122 valence electrons. The Labute approximate surface area is 136 Å². The van der Waals surface area contributed by atoms with Gasteiger partial charge in [0.05, 0.1) is 17.9 Å². The SMILES string of the molecule is C=CCCCC1(/C(C)=N/OC(=O)c2ccccc2)CCOC1=O. The van der Waals surface area contributed by atoms with E-state index in [1.54, 1.807) is 31.2 Å². The first-order valence-corrected chi connectivity index (χ1v) is 7.70. The lowest BCUT2D eigenvalue weighted by Crippen LogP contribution is -2.34. The normalized spacial score (nSPS) is 20.9. The van der Waals surface area contributed by atoms with Gasteiger partial charge in [-0.3, -0.25) is 4.79 Å². The number of ether oxygens (including phenoxy) is 1. The number of carbonyl (C=O) groups excluding carboxylic acids is 2. The molecule has 0 N–H and O–H groups in total. The van der Waals surface area contributed by atoms with Crippen molar-refractivity contribution in [2.24, 2.45) is 10.6 Å². The lowest BCUT2D eigenvalue weighted by molar-refractivity contribution is -0.143. The van der Waals surface area contributed by atoms with Crippen LogP contribution in [0.25, 0.3) is 0 Å². The molecule has 0 spiro atoms. The maximum atomic E-state index is 12.2. The highest BCUT2D eigenvalue weighted by atomic mass is 16.7. The van der Waals surface area contributed by atoms with Gasteiger partial charge in [-0.15, -0.1) is 6.58 Å². The van der Waals surface area contributed by atoms with Crippen molar-refractivity contribution in [2.75, 3.05) is 6.61 Å². The average molecular weight is 315 g/mol. The molecule has 23 heavy (non-hydrogen) atoms. The highest BCUT2D eigenvalue weighted by molar-refractivity contribution is 6.06. The molecule has 1 aromatic rings. The maximum Gasteiger partial charge on any atom is 0.365 e. The molecule has 1 heterocycles. The molecule has 0 aromatic heterocycles. The second-order valence-electron chi connectivity index (χ2n) is 5.57. The molecule has 0 saturated carbocycles. The minimum atomic E-state index is -0.792. The van der Waals surface area contributed by atoms with Crippen LogP contribution in [-0.2, 0) is 14.4 Å². The summed E-state index contributed by atoms with van der Waals surface area (Å²) in [5.74, 6) is -0.837. The van der Waals surface area contributed by atoms with Gasteiger partial charge >= 0.3 is 11.9 Å². The van der Waals surface area contributed by atoms with Crippen molar-refractivity contribution in [1.29, 1.82) is 0 Å². The van der Waals surface area contributed by atoms with E-state index in [9.17, 15) is 9.59 Å². The summed E-state index contributed by atoms with van der Waals surface area (Å²) in [4.78, 5) is 29.1. The summed E-state index contributed by atoms with van der Waals surface area (Å²) in [6, 6.07) is 8.61. The Morgan fingerprint density at radius 1 is 1.43 bits per heavy atom. The molecule has 1 aliphatic heterocycles. The van der Waals surface area contributed by atoms with Gasteiger partial charge in [-0.05, 0) is 38.3 Å². The summed E-state index contributed by atoms with van der Waals surface area (Å²) in [7, 11) is 0. The molecule has 0 radical (unpaired) electrons. The standard InChI is InChI=1S/C18H21NO4/c1-3-4-8-11-18(12-13-22-17(18)21)14(2)19-23-16(20)15-9-6-5-7-10-15/h3,5-7,9-10H,1,4,8,11-13H2,2H3/b19-14+. The number of carbonyl (C=O) groups is 2. The van der Waals surface area contributed by atoms with Crippen LogP contribution < -0.4 is 0 Å². The van der Waals surface area contributed by atoms with E-state index < -0.39 is 11.4 Å². The number of benzene rings is 1. The number of unbranched alkanes of at least 4 members (excludes halogenated alkanes) is 1. The van der Waals surface area contributed by atoms with Crippen LogP contribution in [0, 0.1) is 5.41 Å². The minimum absolute atomic E-state index is 0.293. The number of oxime groups is 1. The summed E-state index contributed by atoms with van der Waals surface area (Å²) in [5.41, 5.74) is 0.104. The van der Waals surface area contributed by atoms with Crippen LogP contribution in [0.2, 0.25) is 0 Å². The first kappa shape index (κ1) is 16.9. The van der Waals surface area contributed by atoms with Crippen LogP contribution >= 0.6 is 0 Å². The molecule has 0 aliphatic carbocycles. The number of cyclic esters (lactones) is 1. The molecular weight excluding hydrogens is 294 g/mol. The fraction of sp³-hybridized carbons (Fsp3) is 0.389. The molecule has 1 fully saturated rings. The van der Waals surface area contributed by atoms with E-state index in [0.717, 1.165) is 12.8 Å². The summed E-state index contributed by atoms with van der Waals surface area (Å²) in [5, 5.41) is 3.92. The van der Waals surface area contributed by atoms with Crippen molar-refractivity contribution in [3.63, 3.8) is 0 Å². The second-order valence-corrected chi connectivity index (χ2v) is 5.57. The fourth-order valence-electron chi connectivity index (χ4n) is 2.67. The molecule has 1 saturated heterocycles. The van der Waals surface area contributed by atoms with Gasteiger partial charge in [0.25, 0.3) is 0 Å². The average Bonchev–Trinajstić information content (AvgIpc) is 2.95. The van der Waals surface area contributed by atoms with Gasteiger partial charge in [-0.1, -0.05) is 29.4 Å². The van der Waals surface area contributed by atoms with E-state index in [2.05, 4.69) is 11.7 Å². The first-order chi connectivity index (χ1) is 11.1. The van der Waals surface area contributed by atoms with Gasteiger partial charge in [0.2, 0.25) is 0 Å². The Kier molecular flexibility index (Phi) is 5.68. The predicted molar refractivity (Wildman–Crippen MR) is 87.0 cm³/mol. The molecule has 5 heteroatoms. The molecular formula is C18H21NO4. The predicted octanol–water partition coefficient (Wildman–Crippen LogP) is 3.51. The molecule has 0 bridgehead atoms. The third-order valence-electron chi connectivity index (χ3n) is 4.13. The van der Waals surface area contributed by atoms with Crippen molar-refractivity contribution in [1.82, 2.24) is 0 Å². The molecule has 1 unspecified atom stereocenters. The summed E-state index contributed by atoms with van der Waals surface area (Å²) in [6.07, 6.45) is 4.59. The van der Waals surface area contributed by atoms with E-state index in [1.807, 2.05) is 12.1 Å². The van der Waals surface area contributed by atoms with Crippen molar-refractivity contribution in [2.45, 2.75) is 32.6 Å². The number of nitrogens with zero attached hydrogens (tertiary/aromatic N) is 1. The van der Waals surface area contributed by atoms with Crippen LogP contribution in [0.3, 0.4) is 0 Å². The number of esters is 1. The van der Waals surface area contributed by atoms with Crippen LogP contribution in [0.15, 0.2) is 48.1 Å².